The molecular formula is C6H13MgO2. The van der Waals surface area contributed by atoms with Crippen molar-refractivity contribution in [3.8, 4) is 0 Å². The van der Waals surface area contributed by atoms with Crippen LogP contribution in [0, 0.1) is 12.5 Å². The number of esters is 1. The highest BCUT2D eigenvalue weighted by molar-refractivity contribution is 5.75. The summed E-state index contributed by atoms with van der Waals surface area (Å²) in [5, 5.41) is 0. The fraction of sp³-hybridized carbons (Fsp3) is 0.667. The van der Waals surface area contributed by atoms with Crippen molar-refractivity contribution in [3.63, 3.8) is 0 Å². The van der Waals surface area contributed by atoms with E-state index in [0.29, 0.717) is 0 Å². The highest BCUT2D eigenvalue weighted by Crippen LogP contribution is 2.13. The van der Waals surface area contributed by atoms with Gasteiger partial charge >= 0.3 is 29.0 Å². The quantitative estimate of drug-likeness (QED) is 0.362. The van der Waals surface area contributed by atoms with Crippen molar-refractivity contribution in [1.82, 2.24) is 0 Å². The zero-order valence-electron chi connectivity index (χ0n) is 5.52. The summed E-state index contributed by atoms with van der Waals surface area (Å²) in [6.45, 7) is 5.33. The zero-order chi connectivity index (χ0) is 6.78. The molecule has 0 aliphatic rings. The molecule has 0 aromatic carbocycles. The van der Waals surface area contributed by atoms with Crippen molar-refractivity contribution >= 4 is 29.0 Å². The third-order valence-corrected chi connectivity index (χ3v) is 0.743. The van der Waals surface area contributed by atoms with Crippen molar-refractivity contribution in [2.45, 2.75) is 20.8 Å². The van der Waals surface area contributed by atoms with Crippen LogP contribution in [0.3, 0.4) is 0 Å². The minimum Gasteiger partial charge on any atom is -0.462 e. The van der Waals surface area contributed by atoms with Crippen LogP contribution in [0.15, 0.2) is 0 Å². The van der Waals surface area contributed by atoms with Crippen LogP contribution in [-0.2, 0) is 9.53 Å². The summed E-state index contributed by atoms with van der Waals surface area (Å²) >= 11 is 0. The summed E-state index contributed by atoms with van der Waals surface area (Å²) in [6.07, 6.45) is 0. The molecule has 2 nitrogen and oxygen atoms in total. The molecule has 0 aliphatic heterocycles. The van der Waals surface area contributed by atoms with Crippen molar-refractivity contribution in [2.24, 2.45) is 5.41 Å². The standard InChI is InChI=1S/C6H11O2.Mg.2H/c1-6(2,3)5(7)8-4;;;/h4H2,1-3H3;;;. The molecule has 0 aromatic rings. The van der Waals surface area contributed by atoms with E-state index in [1.54, 1.807) is 20.8 Å². The van der Waals surface area contributed by atoms with Crippen LogP contribution in [-0.4, -0.2) is 29.0 Å². The summed E-state index contributed by atoms with van der Waals surface area (Å²) in [5.74, 6) is -0.280. The van der Waals surface area contributed by atoms with Crippen molar-refractivity contribution in [1.29, 1.82) is 0 Å². The van der Waals surface area contributed by atoms with Crippen molar-refractivity contribution < 1.29 is 9.53 Å². The molecule has 0 rings (SSSR count). The third kappa shape index (κ3) is 4.72. The van der Waals surface area contributed by atoms with Gasteiger partial charge in [-0.25, -0.2) is 0 Å². The molecule has 0 saturated heterocycles. The molecule has 0 amide bonds. The molecule has 0 N–H and O–H groups in total. The van der Waals surface area contributed by atoms with Gasteiger partial charge in [0, 0.05) is 0 Å². The van der Waals surface area contributed by atoms with Gasteiger partial charge in [0.05, 0.1) is 5.41 Å². The fourth-order valence-corrected chi connectivity index (χ4v) is 0.217. The molecule has 0 unspecified atom stereocenters. The molecule has 1 radical (unpaired) electrons. The predicted octanol–water partition coefficient (Wildman–Crippen LogP) is 0.451. The van der Waals surface area contributed by atoms with Crippen LogP contribution in [0.1, 0.15) is 20.8 Å². The average molecular weight is 141 g/mol. The molecule has 51 valence electrons. The van der Waals surface area contributed by atoms with Gasteiger partial charge in [0.15, 0.2) is 0 Å². The minimum absolute atomic E-state index is 0. The Morgan fingerprint density at radius 2 is 1.78 bits per heavy atom. The predicted molar refractivity (Wildman–Crippen MR) is 39.4 cm³/mol. The molecule has 0 aliphatic carbocycles. The topological polar surface area (TPSA) is 26.3 Å². The Morgan fingerprint density at radius 3 is 1.78 bits per heavy atom. The molecule has 9 heavy (non-hydrogen) atoms. The highest BCUT2D eigenvalue weighted by Gasteiger charge is 2.21. The summed E-state index contributed by atoms with van der Waals surface area (Å²) in [6, 6.07) is 0. The Kier molecular flexibility index (Phi) is 5.47. The van der Waals surface area contributed by atoms with E-state index in [4.69, 9.17) is 0 Å². The van der Waals surface area contributed by atoms with E-state index in [2.05, 4.69) is 11.8 Å². The second kappa shape index (κ2) is 4.12. The Hall–Kier alpha value is 0.236. The van der Waals surface area contributed by atoms with E-state index < -0.39 is 5.41 Å². The summed E-state index contributed by atoms with van der Waals surface area (Å²) in [4.78, 5) is 10.5. The molecule has 3 heteroatoms. The van der Waals surface area contributed by atoms with Gasteiger partial charge in [0.25, 0.3) is 0 Å². The van der Waals surface area contributed by atoms with E-state index in [1.165, 1.54) is 0 Å². The van der Waals surface area contributed by atoms with E-state index in [1.807, 2.05) is 0 Å². The first-order valence-electron chi connectivity index (χ1n) is 2.45. The highest BCUT2D eigenvalue weighted by atomic mass is 24.3. The molecule has 0 aromatic heterocycles. The number of rotatable bonds is 0. The Morgan fingerprint density at radius 1 is 1.44 bits per heavy atom. The SMILES string of the molecule is [CH2]OC(=O)C(C)(C)C.[MgH2]. The van der Waals surface area contributed by atoms with Gasteiger partial charge in [-0.3, -0.25) is 4.79 Å². The molecular weight excluding hydrogens is 128 g/mol. The van der Waals surface area contributed by atoms with Crippen LogP contribution in [0.4, 0.5) is 0 Å². The second-order valence-corrected chi connectivity index (χ2v) is 2.68. The van der Waals surface area contributed by atoms with Gasteiger partial charge in [0.2, 0.25) is 0 Å². The van der Waals surface area contributed by atoms with Gasteiger partial charge in [-0.1, -0.05) is 0 Å². The largest absolute Gasteiger partial charge is 0.462 e. The molecule has 0 spiro atoms. The van der Waals surface area contributed by atoms with Crippen LogP contribution >= 0.6 is 0 Å². The van der Waals surface area contributed by atoms with Crippen LogP contribution in [0.25, 0.3) is 0 Å². The number of carbonyl (C=O) groups excluding carboxylic acids is 1. The van der Waals surface area contributed by atoms with Crippen molar-refractivity contribution in [3.05, 3.63) is 7.11 Å². The lowest BCUT2D eigenvalue weighted by atomic mass is 9.98. The number of carbonyl (C=O) groups is 1. The first kappa shape index (κ1) is 12.0. The maximum Gasteiger partial charge on any atom is 0.316 e. The van der Waals surface area contributed by atoms with Gasteiger partial charge < -0.3 is 4.74 Å². The van der Waals surface area contributed by atoms with Gasteiger partial charge in [-0.2, -0.15) is 0 Å². The van der Waals surface area contributed by atoms with E-state index in [0.717, 1.165) is 0 Å². The average Bonchev–Trinajstić information content (AvgIpc) is 1.62. The molecule has 0 fully saturated rings. The Labute approximate surface area is 72.1 Å². The molecule has 0 atom stereocenters. The number of hydrogen-bond acceptors (Lipinski definition) is 2. The van der Waals surface area contributed by atoms with Crippen LogP contribution < -0.4 is 0 Å². The molecule has 0 bridgehead atoms. The number of hydrogen-bond donors (Lipinski definition) is 0. The minimum atomic E-state index is -0.415. The Bertz CT molecular complexity index is 93.7. The third-order valence-electron chi connectivity index (χ3n) is 0.743. The van der Waals surface area contributed by atoms with Crippen molar-refractivity contribution in [2.75, 3.05) is 0 Å². The number of ether oxygens (including phenoxy) is 1. The summed E-state index contributed by atoms with van der Waals surface area (Å²) in [7, 11) is 3.00. The lowest BCUT2D eigenvalue weighted by molar-refractivity contribution is -0.147. The van der Waals surface area contributed by atoms with E-state index in [-0.39, 0.29) is 29.0 Å². The van der Waals surface area contributed by atoms with Gasteiger partial charge in [-0.05, 0) is 20.8 Å². The van der Waals surface area contributed by atoms with E-state index in [9.17, 15) is 4.79 Å². The monoisotopic (exact) mass is 141 g/mol. The second-order valence-electron chi connectivity index (χ2n) is 2.68. The fourth-order valence-electron chi connectivity index (χ4n) is 0.217. The summed E-state index contributed by atoms with van der Waals surface area (Å²) < 4.78 is 4.23. The maximum absolute atomic E-state index is 10.5. The smallest absolute Gasteiger partial charge is 0.316 e. The maximum atomic E-state index is 10.5. The van der Waals surface area contributed by atoms with Gasteiger partial charge in [-0.15, -0.1) is 0 Å². The van der Waals surface area contributed by atoms with Crippen LogP contribution in [0.5, 0.6) is 0 Å². The molecule has 0 heterocycles. The first-order chi connectivity index (χ1) is 3.48. The van der Waals surface area contributed by atoms with E-state index >= 15 is 0 Å². The normalized spacial score (nSPS) is 9.78. The van der Waals surface area contributed by atoms with Gasteiger partial charge in [0.1, 0.15) is 7.11 Å². The van der Waals surface area contributed by atoms with Crippen LogP contribution in [0.2, 0.25) is 0 Å². The first-order valence-corrected chi connectivity index (χ1v) is 2.45. The zero-order valence-corrected chi connectivity index (χ0v) is 5.52. The Balaban J connectivity index is 0. The molecule has 0 saturated carbocycles. The summed E-state index contributed by atoms with van der Waals surface area (Å²) in [5.41, 5.74) is -0.415. The lowest BCUT2D eigenvalue weighted by Crippen LogP contribution is -2.20. The lowest BCUT2D eigenvalue weighted by Gasteiger charge is -2.12.